The second-order valence-corrected chi connectivity index (χ2v) is 4.06. The number of carbonyl (C=O) groups excluding carboxylic acids is 1. The number of likely N-dealkylation sites (N-methyl/N-ethyl adjacent to an activating group) is 1. The summed E-state index contributed by atoms with van der Waals surface area (Å²) in [4.78, 5) is 13.2. The number of carbonyl (C=O) groups is 1. The van der Waals surface area contributed by atoms with E-state index < -0.39 is 0 Å². The van der Waals surface area contributed by atoms with Gasteiger partial charge in [0.25, 0.3) is 5.91 Å². The molecule has 1 aromatic carbocycles. The summed E-state index contributed by atoms with van der Waals surface area (Å²) in [7, 11) is 1.70. The van der Waals surface area contributed by atoms with Crippen molar-refractivity contribution < 1.29 is 13.9 Å². The molecule has 0 saturated carbocycles. The molecule has 0 unspecified atom stereocenters. The first kappa shape index (κ1) is 13.0. The van der Waals surface area contributed by atoms with Crippen LogP contribution in [0, 0.1) is 11.3 Å². The number of fused-ring (bicyclic) bond motifs is 1. The third-order valence-electron chi connectivity index (χ3n) is 2.89. The quantitative estimate of drug-likeness (QED) is 0.842. The summed E-state index contributed by atoms with van der Waals surface area (Å²) in [6.07, 6.45) is 0. The van der Waals surface area contributed by atoms with Crippen molar-refractivity contribution in [3.63, 3.8) is 0 Å². The average molecular weight is 258 g/mol. The molecule has 1 amide bonds. The Hall–Kier alpha value is -2.48. The van der Waals surface area contributed by atoms with Crippen LogP contribution in [0.15, 0.2) is 28.7 Å². The van der Waals surface area contributed by atoms with Crippen LogP contribution in [0.3, 0.4) is 0 Å². The van der Waals surface area contributed by atoms with Gasteiger partial charge in [0.1, 0.15) is 11.7 Å². The minimum atomic E-state index is -0.142. The van der Waals surface area contributed by atoms with E-state index in [2.05, 4.69) is 0 Å². The lowest BCUT2D eigenvalue weighted by atomic mass is 10.2. The number of amides is 1. The zero-order valence-electron chi connectivity index (χ0n) is 10.8. The maximum atomic E-state index is 11.7. The third-order valence-corrected chi connectivity index (χ3v) is 2.89. The molecule has 0 aliphatic rings. The van der Waals surface area contributed by atoms with E-state index in [1.807, 2.05) is 25.1 Å². The predicted octanol–water partition coefficient (Wildman–Crippen LogP) is 2.16. The summed E-state index contributed by atoms with van der Waals surface area (Å²) in [5, 5.41) is 9.72. The lowest BCUT2D eigenvalue weighted by Gasteiger charge is -2.14. The van der Waals surface area contributed by atoms with Gasteiger partial charge in [-0.25, -0.2) is 0 Å². The van der Waals surface area contributed by atoms with E-state index in [0.29, 0.717) is 23.3 Å². The SMILES string of the molecule is CCN(C)C(=O)COc1c(C#N)oc2ccccc12. The van der Waals surface area contributed by atoms with Gasteiger partial charge in [-0.1, -0.05) is 12.1 Å². The molecule has 5 heteroatoms. The number of nitrogens with zero attached hydrogens (tertiary/aromatic N) is 2. The van der Waals surface area contributed by atoms with Crippen molar-refractivity contribution in [1.82, 2.24) is 4.90 Å². The molecule has 0 aliphatic heterocycles. The van der Waals surface area contributed by atoms with Gasteiger partial charge in [0.15, 0.2) is 12.4 Å². The molecule has 0 bridgehead atoms. The van der Waals surface area contributed by atoms with Crippen LogP contribution in [0.1, 0.15) is 12.7 Å². The van der Waals surface area contributed by atoms with Gasteiger partial charge in [-0.2, -0.15) is 5.26 Å². The van der Waals surface area contributed by atoms with Crippen LogP contribution < -0.4 is 4.74 Å². The van der Waals surface area contributed by atoms with Crippen LogP contribution in [-0.2, 0) is 4.79 Å². The lowest BCUT2D eigenvalue weighted by molar-refractivity contribution is -0.131. The summed E-state index contributed by atoms with van der Waals surface area (Å²) in [6.45, 7) is 2.38. The van der Waals surface area contributed by atoms with Crippen molar-refractivity contribution in [1.29, 1.82) is 5.26 Å². The summed E-state index contributed by atoms with van der Waals surface area (Å²) >= 11 is 0. The van der Waals surface area contributed by atoms with Gasteiger partial charge in [-0.3, -0.25) is 4.79 Å². The maximum Gasteiger partial charge on any atom is 0.260 e. The molecule has 0 N–H and O–H groups in total. The molecular formula is C14H14N2O3. The van der Waals surface area contributed by atoms with Crippen molar-refractivity contribution in [2.75, 3.05) is 20.2 Å². The number of nitriles is 1. The van der Waals surface area contributed by atoms with Gasteiger partial charge in [0.2, 0.25) is 5.76 Å². The highest BCUT2D eigenvalue weighted by Crippen LogP contribution is 2.32. The number of furan rings is 1. The highest BCUT2D eigenvalue weighted by molar-refractivity contribution is 5.87. The van der Waals surface area contributed by atoms with E-state index >= 15 is 0 Å². The average Bonchev–Trinajstić information content (AvgIpc) is 2.81. The Kier molecular flexibility index (Phi) is 3.71. The molecule has 1 heterocycles. The van der Waals surface area contributed by atoms with E-state index in [9.17, 15) is 4.79 Å². The number of hydrogen-bond acceptors (Lipinski definition) is 4. The topological polar surface area (TPSA) is 66.5 Å². The van der Waals surface area contributed by atoms with Crippen molar-refractivity contribution >= 4 is 16.9 Å². The number of ether oxygens (including phenoxy) is 1. The molecule has 0 radical (unpaired) electrons. The highest BCUT2D eigenvalue weighted by Gasteiger charge is 2.17. The van der Waals surface area contributed by atoms with E-state index in [1.54, 1.807) is 24.1 Å². The summed E-state index contributed by atoms with van der Waals surface area (Å²) in [5.74, 6) is 0.278. The Morgan fingerprint density at radius 2 is 2.21 bits per heavy atom. The summed E-state index contributed by atoms with van der Waals surface area (Å²) in [6, 6.07) is 9.12. The number of rotatable bonds is 4. The number of para-hydroxylation sites is 1. The van der Waals surface area contributed by atoms with Gasteiger partial charge < -0.3 is 14.1 Å². The number of benzene rings is 1. The predicted molar refractivity (Wildman–Crippen MR) is 69.7 cm³/mol. The zero-order chi connectivity index (χ0) is 13.8. The summed E-state index contributed by atoms with van der Waals surface area (Å²) in [5.41, 5.74) is 0.574. The molecular weight excluding hydrogens is 244 g/mol. The first-order valence-corrected chi connectivity index (χ1v) is 5.95. The highest BCUT2D eigenvalue weighted by atomic mass is 16.5. The van der Waals surface area contributed by atoms with Crippen LogP contribution in [0.2, 0.25) is 0 Å². The normalized spacial score (nSPS) is 10.2. The van der Waals surface area contributed by atoms with E-state index in [-0.39, 0.29) is 18.3 Å². The molecule has 1 aromatic heterocycles. The molecule has 5 nitrogen and oxygen atoms in total. The lowest BCUT2D eigenvalue weighted by Crippen LogP contribution is -2.31. The molecule has 2 aromatic rings. The zero-order valence-corrected chi connectivity index (χ0v) is 10.8. The maximum absolute atomic E-state index is 11.7. The first-order chi connectivity index (χ1) is 9.17. The molecule has 0 saturated heterocycles. The smallest absolute Gasteiger partial charge is 0.260 e. The fraction of sp³-hybridized carbons (Fsp3) is 0.286. The van der Waals surface area contributed by atoms with Crippen LogP contribution in [0.5, 0.6) is 5.75 Å². The molecule has 0 spiro atoms. The Morgan fingerprint density at radius 1 is 1.47 bits per heavy atom. The first-order valence-electron chi connectivity index (χ1n) is 5.95. The van der Waals surface area contributed by atoms with E-state index in [0.717, 1.165) is 0 Å². The summed E-state index contributed by atoms with van der Waals surface area (Å²) < 4.78 is 10.8. The molecule has 2 rings (SSSR count). The van der Waals surface area contributed by atoms with Crippen LogP contribution in [0.4, 0.5) is 0 Å². The third kappa shape index (κ3) is 2.52. The molecule has 0 fully saturated rings. The Morgan fingerprint density at radius 3 is 2.89 bits per heavy atom. The van der Waals surface area contributed by atoms with Crippen LogP contribution in [-0.4, -0.2) is 31.0 Å². The van der Waals surface area contributed by atoms with Crippen molar-refractivity contribution in [3.8, 4) is 11.8 Å². The second-order valence-electron chi connectivity index (χ2n) is 4.06. The Bertz CT molecular complexity index is 640. The van der Waals surface area contributed by atoms with Gasteiger partial charge in [0.05, 0.1) is 5.39 Å². The molecule has 0 atom stereocenters. The Labute approximate surface area is 111 Å². The van der Waals surface area contributed by atoms with E-state index in [1.165, 1.54) is 0 Å². The minimum Gasteiger partial charge on any atom is -0.478 e. The standard InChI is InChI=1S/C14H14N2O3/c1-3-16(2)13(17)9-18-14-10-6-4-5-7-11(10)19-12(14)8-15/h4-7H,3,9H2,1-2H3. The van der Waals surface area contributed by atoms with Crippen LogP contribution >= 0.6 is 0 Å². The molecule has 98 valence electrons. The number of hydrogen-bond donors (Lipinski definition) is 0. The van der Waals surface area contributed by atoms with E-state index in [4.69, 9.17) is 14.4 Å². The molecule has 0 aliphatic carbocycles. The van der Waals surface area contributed by atoms with Gasteiger partial charge in [-0.05, 0) is 19.1 Å². The fourth-order valence-corrected chi connectivity index (χ4v) is 1.66. The van der Waals surface area contributed by atoms with Crippen molar-refractivity contribution in [2.24, 2.45) is 0 Å². The van der Waals surface area contributed by atoms with Crippen molar-refractivity contribution in [3.05, 3.63) is 30.0 Å². The second kappa shape index (κ2) is 5.44. The Balaban J connectivity index is 2.25. The monoisotopic (exact) mass is 258 g/mol. The molecule has 19 heavy (non-hydrogen) atoms. The van der Waals surface area contributed by atoms with Crippen LogP contribution in [0.25, 0.3) is 11.0 Å². The minimum absolute atomic E-state index is 0.0909. The van der Waals surface area contributed by atoms with Gasteiger partial charge in [0, 0.05) is 13.6 Å². The van der Waals surface area contributed by atoms with Gasteiger partial charge >= 0.3 is 0 Å². The van der Waals surface area contributed by atoms with Gasteiger partial charge in [-0.15, -0.1) is 0 Å². The van der Waals surface area contributed by atoms with Crippen molar-refractivity contribution in [2.45, 2.75) is 6.92 Å². The largest absolute Gasteiger partial charge is 0.478 e. The fourth-order valence-electron chi connectivity index (χ4n) is 1.66.